The molecule has 0 spiro atoms. The molecule has 1 aromatic rings. The van der Waals surface area contributed by atoms with E-state index in [-0.39, 0.29) is 12.1 Å². The quantitative estimate of drug-likeness (QED) is 0.857. The second-order valence-electron chi connectivity index (χ2n) is 6.38. The monoisotopic (exact) mass is 288 g/mol. The summed E-state index contributed by atoms with van der Waals surface area (Å²) in [4.78, 5) is 14.6. The van der Waals surface area contributed by atoms with Crippen LogP contribution in [0.4, 0.5) is 0 Å². The molecule has 4 nitrogen and oxygen atoms in total. The van der Waals surface area contributed by atoms with Gasteiger partial charge in [0.2, 0.25) is 0 Å². The van der Waals surface area contributed by atoms with Gasteiger partial charge in [-0.2, -0.15) is 0 Å². The number of nitrogens with zero attached hydrogens (tertiary/aromatic N) is 1. The Kier molecular flexibility index (Phi) is 4.27. The molecule has 2 fully saturated rings. The Balaban J connectivity index is 1.52. The molecule has 2 aliphatic rings. The maximum atomic E-state index is 12.2. The number of nitrogens with two attached hydrogens (primary N) is 1. The molecule has 2 saturated heterocycles. The molecule has 0 aliphatic carbocycles. The summed E-state index contributed by atoms with van der Waals surface area (Å²) >= 11 is 0. The van der Waals surface area contributed by atoms with Crippen molar-refractivity contribution in [2.24, 2.45) is 5.73 Å². The Morgan fingerprint density at radius 1 is 1.29 bits per heavy atom. The van der Waals surface area contributed by atoms with Crippen LogP contribution in [0.3, 0.4) is 0 Å². The number of carbonyl (C=O) groups is 1. The van der Waals surface area contributed by atoms with Crippen LogP contribution in [0.1, 0.15) is 31.2 Å². The van der Waals surface area contributed by atoms with Crippen molar-refractivity contribution in [3.63, 3.8) is 0 Å². The first kappa shape index (κ1) is 14.5. The van der Waals surface area contributed by atoms with E-state index in [0.29, 0.717) is 18.5 Å². The van der Waals surface area contributed by atoms with E-state index in [1.165, 1.54) is 12.8 Å². The predicted molar refractivity (Wildman–Crippen MR) is 81.8 cm³/mol. The summed E-state index contributed by atoms with van der Waals surface area (Å²) in [5.41, 5.74) is 7.07. The highest BCUT2D eigenvalue weighted by Crippen LogP contribution is 2.35. The van der Waals surface area contributed by atoms with Gasteiger partial charge in [0.25, 0.3) is 0 Å². The van der Waals surface area contributed by atoms with E-state index >= 15 is 0 Å². The molecule has 2 heterocycles. The Morgan fingerprint density at radius 3 is 2.52 bits per heavy atom. The summed E-state index contributed by atoms with van der Waals surface area (Å²) < 4.78 is 5.66. The molecule has 114 valence electrons. The zero-order valence-electron chi connectivity index (χ0n) is 12.6. The van der Waals surface area contributed by atoms with Crippen molar-refractivity contribution in [3.05, 3.63) is 35.9 Å². The van der Waals surface area contributed by atoms with E-state index in [9.17, 15) is 4.79 Å². The first-order chi connectivity index (χ1) is 10.1. The predicted octanol–water partition coefficient (Wildman–Crippen LogP) is 1.72. The molecule has 0 radical (unpaired) electrons. The molecule has 0 saturated carbocycles. The van der Waals surface area contributed by atoms with E-state index in [1.54, 1.807) is 0 Å². The molecular weight excluding hydrogens is 264 g/mol. The number of piperidine rings is 1. The molecule has 3 unspecified atom stereocenters. The molecule has 4 heteroatoms. The van der Waals surface area contributed by atoms with Crippen LogP contribution < -0.4 is 5.73 Å². The molecule has 0 amide bonds. The number of carbonyl (C=O) groups excluding carboxylic acids is 1. The Morgan fingerprint density at radius 2 is 1.90 bits per heavy atom. The minimum absolute atomic E-state index is 0.0491. The van der Waals surface area contributed by atoms with Gasteiger partial charge in [-0.05, 0) is 44.7 Å². The van der Waals surface area contributed by atoms with Crippen LogP contribution in [0.5, 0.6) is 0 Å². The van der Waals surface area contributed by atoms with Gasteiger partial charge in [0.05, 0.1) is 0 Å². The van der Waals surface area contributed by atoms with E-state index in [1.807, 2.05) is 30.3 Å². The van der Waals surface area contributed by atoms with Crippen molar-refractivity contribution in [1.29, 1.82) is 0 Å². The van der Waals surface area contributed by atoms with Crippen LogP contribution >= 0.6 is 0 Å². The van der Waals surface area contributed by atoms with Crippen molar-refractivity contribution >= 4 is 5.97 Å². The third-order valence-electron chi connectivity index (χ3n) is 4.94. The van der Waals surface area contributed by atoms with Gasteiger partial charge in [-0.3, -0.25) is 4.79 Å². The van der Waals surface area contributed by atoms with Gasteiger partial charge >= 0.3 is 5.97 Å². The number of esters is 1. The maximum Gasteiger partial charge on any atom is 0.323 e. The third-order valence-corrected chi connectivity index (χ3v) is 4.94. The molecular formula is C17H24N2O2. The van der Waals surface area contributed by atoms with E-state index in [2.05, 4.69) is 11.9 Å². The van der Waals surface area contributed by atoms with Gasteiger partial charge < -0.3 is 15.4 Å². The zero-order chi connectivity index (χ0) is 14.8. The molecule has 2 aliphatic heterocycles. The van der Waals surface area contributed by atoms with Gasteiger partial charge in [0.1, 0.15) is 12.1 Å². The number of rotatable bonds is 4. The topological polar surface area (TPSA) is 55.6 Å². The summed E-state index contributed by atoms with van der Waals surface area (Å²) in [6.45, 7) is 0. The first-order valence-electron chi connectivity index (χ1n) is 7.85. The normalized spacial score (nSPS) is 30.1. The van der Waals surface area contributed by atoms with Crippen LogP contribution in [0, 0.1) is 0 Å². The highest BCUT2D eigenvalue weighted by atomic mass is 16.5. The molecule has 1 aromatic carbocycles. The van der Waals surface area contributed by atoms with Crippen molar-refractivity contribution in [3.8, 4) is 0 Å². The number of fused-ring (bicyclic) bond motifs is 2. The molecule has 2 bridgehead atoms. The smallest absolute Gasteiger partial charge is 0.323 e. The summed E-state index contributed by atoms with van der Waals surface area (Å²) in [5.74, 6) is -0.257. The lowest BCUT2D eigenvalue weighted by molar-refractivity contribution is -0.153. The fraction of sp³-hybridized carbons (Fsp3) is 0.588. The van der Waals surface area contributed by atoms with E-state index in [0.717, 1.165) is 18.4 Å². The van der Waals surface area contributed by atoms with Gasteiger partial charge in [0, 0.05) is 12.1 Å². The second kappa shape index (κ2) is 6.16. The number of benzene rings is 1. The van der Waals surface area contributed by atoms with Gasteiger partial charge in [-0.1, -0.05) is 30.3 Å². The lowest BCUT2D eigenvalue weighted by Crippen LogP contribution is -2.45. The van der Waals surface area contributed by atoms with Gasteiger partial charge in [-0.15, -0.1) is 0 Å². The standard InChI is InChI=1S/C17H24N2O2/c1-19-13-7-8-14(19)11-15(10-13)21-17(20)16(18)9-12-5-3-2-4-6-12/h2-6,13-16H,7-11,18H2,1H3. The number of hydrogen-bond acceptors (Lipinski definition) is 4. The zero-order valence-corrected chi connectivity index (χ0v) is 12.6. The molecule has 3 rings (SSSR count). The van der Waals surface area contributed by atoms with Crippen LogP contribution in [-0.4, -0.2) is 42.1 Å². The van der Waals surface area contributed by atoms with Crippen LogP contribution in [0.2, 0.25) is 0 Å². The van der Waals surface area contributed by atoms with E-state index in [4.69, 9.17) is 10.5 Å². The maximum absolute atomic E-state index is 12.2. The Bertz CT molecular complexity index is 477. The molecule has 21 heavy (non-hydrogen) atoms. The average Bonchev–Trinajstić information content (AvgIpc) is 2.71. The minimum Gasteiger partial charge on any atom is -0.461 e. The summed E-state index contributed by atoms with van der Waals surface area (Å²) in [5, 5.41) is 0. The van der Waals surface area contributed by atoms with Gasteiger partial charge in [-0.25, -0.2) is 0 Å². The van der Waals surface area contributed by atoms with E-state index < -0.39 is 6.04 Å². The van der Waals surface area contributed by atoms with Gasteiger partial charge in [0.15, 0.2) is 0 Å². The first-order valence-corrected chi connectivity index (χ1v) is 7.85. The Hall–Kier alpha value is -1.39. The third kappa shape index (κ3) is 3.27. The lowest BCUT2D eigenvalue weighted by Gasteiger charge is -2.36. The minimum atomic E-state index is -0.565. The van der Waals surface area contributed by atoms with Crippen molar-refractivity contribution in [2.45, 2.75) is 56.3 Å². The second-order valence-corrected chi connectivity index (χ2v) is 6.38. The highest BCUT2D eigenvalue weighted by molar-refractivity contribution is 5.76. The van der Waals surface area contributed by atoms with Crippen molar-refractivity contribution < 1.29 is 9.53 Å². The molecule has 2 N–H and O–H groups in total. The van der Waals surface area contributed by atoms with Crippen molar-refractivity contribution in [1.82, 2.24) is 4.90 Å². The molecule has 3 atom stereocenters. The van der Waals surface area contributed by atoms with Crippen LogP contribution in [0.15, 0.2) is 30.3 Å². The van der Waals surface area contributed by atoms with Crippen molar-refractivity contribution in [2.75, 3.05) is 7.05 Å². The van der Waals surface area contributed by atoms with Crippen LogP contribution in [-0.2, 0) is 16.0 Å². The fourth-order valence-electron chi connectivity index (χ4n) is 3.66. The number of hydrogen-bond donors (Lipinski definition) is 1. The Labute approximate surface area is 126 Å². The van der Waals surface area contributed by atoms with Crippen LogP contribution in [0.25, 0.3) is 0 Å². The largest absolute Gasteiger partial charge is 0.461 e. The summed E-state index contributed by atoms with van der Waals surface area (Å²) in [6.07, 6.45) is 4.96. The average molecular weight is 288 g/mol. The lowest BCUT2D eigenvalue weighted by atomic mass is 10.0. The molecule has 0 aromatic heterocycles. The number of ether oxygens (including phenoxy) is 1. The fourth-order valence-corrected chi connectivity index (χ4v) is 3.66. The SMILES string of the molecule is CN1C2CCC1CC(OC(=O)C(N)Cc1ccccc1)C2. The summed E-state index contributed by atoms with van der Waals surface area (Å²) in [7, 11) is 2.18. The summed E-state index contributed by atoms with van der Waals surface area (Å²) in [6, 6.07) is 10.4. The highest BCUT2D eigenvalue weighted by Gasteiger charge is 2.40.